The number of hydrogen-bond acceptors (Lipinski definition) is 4. The fourth-order valence-corrected chi connectivity index (χ4v) is 3.97. The lowest BCUT2D eigenvalue weighted by Crippen LogP contribution is -2.45. The van der Waals surface area contributed by atoms with E-state index in [2.05, 4.69) is 5.32 Å². The quantitative estimate of drug-likeness (QED) is 0.724. The van der Waals surface area contributed by atoms with Crippen LogP contribution in [0, 0.1) is 25.7 Å². The molecule has 0 aliphatic heterocycles. The summed E-state index contributed by atoms with van der Waals surface area (Å²) < 4.78 is 6.56. The number of rotatable bonds is 7. The van der Waals surface area contributed by atoms with Crippen molar-refractivity contribution in [3.63, 3.8) is 0 Å². The van der Waals surface area contributed by atoms with Gasteiger partial charge in [0.1, 0.15) is 11.6 Å². The first-order chi connectivity index (χ1) is 13.2. The molecule has 1 fully saturated rings. The second-order valence-corrected chi connectivity index (χ2v) is 8.42. The van der Waals surface area contributed by atoms with Crippen molar-refractivity contribution in [2.75, 3.05) is 7.11 Å². The van der Waals surface area contributed by atoms with E-state index in [4.69, 9.17) is 4.74 Å². The number of amides is 1. The number of pyridine rings is 1. The van der Waals surface area contributed by atoms with E-state index < -0.39 is 17.9 Å². The van der Waals surface area contributed by atoms with Crippen LogP contribution in [0.25, 0.3) is 0 Å². The molecule has 1 aliphatic rings. The SMILES string of the molecule is COC(=O)C(CC(C)C)NC(=O)c1cc(C)c(C)n(CC2CCCCC2)c1=O. The zero-order chi connectivity index (χ0) is 20.8. The number of nitrogens with one attached hydrogen (secondary N) is 1. The smallest absolute Gasteiger partial charge is 0.328 e. The maximum atomic E-state index is 13.1. The van der Waals surface area contributed by atoms with E-state index in [0.717, 1.165) is 24.1 Å². The molecule has 1 aromatic rings. The summed E-state index contributed by atoms with van der Waals surface area (Å²) in [6.07, 6.45) is 6.37. The van der Waals surface area contributed by atoms with Gasteiger partial charge in [-0.3, -0.25) is 9.59 Å². The lowest BCUT2D eigenvalue weighted by Gasteiger charge is -2.24. The number of carbonyl (C=O) groups excluding carboxylic acids is 2. The lowest BCUT2D eigenvalue weighted by atomic mass is 9.89. The molecule has 1 amide bonds. The standard InChI is InChI=1S/C22H34N2O4/c1-14(2)11-19(22(27)28-5)23-20(25)18-12-15(3)16(4)24(21(18)26)13-17-9-7-6-8-10-17/h12,14,17,19H,6-11,13H2,1-5H3,(H,23,25). The first-order valence-corrected chi connectivity index (χ1v) is 10.3. The van der Waals surface area contributed by atoms with Crippen molar-refractivity contribution >= 4 is 11.9 Å². The summed E-state index contributed by atoms with van der Waals surface area (Å²) in [6.45, 7) is 8.43. The molecule has 0 saturated heterocycles. The van der Waals surface area contributed by atoms with E-state index in [0.29, 0.717) is 18.9 Å². The summed E-state index contributed by atoms with van der Waals surface area (Å²) in [7, 11) is 1.30. The fraction of sp³-hybridized carbons (Fsp3) is 0.682. The average Bonchev–Trinajstić information content (AvgIpc) is 2.67. The van der Waals surface area contributed by atoms with E-state index in [-0.39, 0.29) is 17.0 Å². The molecule has 2 rings (SSSR count). The number of aryl methyl sites for hydroxylation is 1. The first-order valence-electron chi connectivity index (χ1n) is 10.3. The van der Waals surface area contributed by atoms with Crippen molar-refractivity contribution in [2.24, 2.45) is 11.8 Å². The molecule has 6 nitrogen and oxygen atoms in total. The Morgan fingerprint density at radius 2 is 1.86 bits per heavy atom. The Morgan fingerprint density at radius 1 is 1.21 bits per heavy atom. The molecular formula is C22H34N2O4. The van der Waals surface area contributed by atoms with Gasteiger partial charge in [0.05, 0.1) is 7.11 Å². The molecule has 156 valence electrons. The predicted octanol–water partition coefficient (Wildman–Crippen LogP) is 3.36. The zero-order valence-electron chi connectivity index (χ0n) is 17.8. The third kappa shape index (κ3) is 5.46. The van der Waals surface area contributed by atoms with Crippen molar-refractivity contribution in [3.05, 3.63) is 33.2 Å². The summed E-state index contributed by atoms with van der Waals surface area (Å²) >= 11 is 0. The Bertz CT molecular complexity index is 761. The molecule has 6 heteroatoms. The summed E-state index contributed by atoms with van der Waals surface area (Å²) in [5.41, 5.74) is 1.62. The second kappa shape index (κ2) is 9.89. The van der Waals surface area contributed by atoms with E-state index >= 15 is 0 Å². The van der Waals surface area contributed by atoms with Crippen molar-refractivity contribution in [3.8, 4) is 0 Å². The van der Waals surface area contributed by atoms with Gasteiger partial charge in [-0.1, -0.05) is 33.1 Å². The monoisotopic (exact) mass is 390 g/mol. The minimum atomic E-state index is -0.759. The second-order valence-electron chi connectivity index (χ2n) is 8.42. The van der Waals surface area contributed by atoms with Crippen LogP contribution >= 0.6 is 0 Å². The Balaban J connectivity index is 2.29. The molecule has 1 aliphatic carbocycles. The molecule has 28 heavy (non-hydrogen) atoms. The topological polar surface area (TPSA) is 77.4 Å². The highest BCUT2D eigenvalue weighted by Gasteiger charge is 2.26. The van der Waals surface area contributed by atoms with Gasteiger partial charge < -0.3 is 14.6 Å². The van der Waals surface area contributed by atoms with E-state index in [1.807, 2.05) is 27.7 Å². The van der Waals surface area contributed by atoms with Crippen LogP contribution in [0.5, 0.6) is 0 Å². The maximum absolute atomic E-state index is 13.1. The van der Waals surface area contributed by atoms with Gasteiger partial charge in [-0.2, -0.15) is 0 Å². The average molecular weight is 391 g/mol. The zero-order valence-corrected chi connectivity index (χ0v) is 17.8. The minimum Gasteiger partial charge on any atom is -0.467 e. The number of carbonyl (C=O) groups is 2. The van der Waals surface area contributed by atoms with E-state index in [1.165, 1.54) is 26.4 Å². The Labute approximate surface area is 167 Å². The molecule has 1 unspecified atom stereocenters. The van der Waals surface area contributed by atoms with Crippen LogP contribution in [0.3, 0.4) is 0 Å². The molecule has 1 aromatic heterocycles. The predicted molar refractivity (Wildman–Crippen MR) is 109 cm³/mol. The molecule has 1 N–H and O–H groups in total. The minimum absolute atomic E-state index is 0.0940. The molecule has 0 spiro atoms. The molecular weight excluding hydrogens is 356 g/mol. The van der Waals surface area contributed by atoms with Gasteiger partial charge in [0, 0.05) is 12.2 Å². The highest BCUT2D eigenvalue weighted by molar-refractivity contribution is 5.96. The number of ether oxygens (including phenoxy) is 1. The Kier molecular flexibility index (Phi) is 7.84. The number of nitrogens with zero attached hydrogens (tertiary/aromatic N) is 1. The highest BCUT2D eigenvalue weighted by atomic mass is 16.5. The molecule has 0 bridgehead atoms. The number of aromatic nitrogens is 1. The summed E-state index contributed by atoms with van der Waals surface area (Å²) in [5.74, 6) is -0.325. The fourth-order valence-electron chi connectivity index (χ4n) is 3.97. The van der Waals surface area contributed by atoms with Crippen LogP contribution in [0.15, 0.2) is 10.9 Å². The third-order valence-electron chi connectivity index (χ3n) is 5.72. The van der Waals surface area contributed by atoms with Gasteiger partial charge in [-0.25, -0.2) is 4.79 Å². The summed E-state index contributed by atoms with van der Waals surface area (Å²) in [6, 6.07) is 0.874. The highest BCUT2D eigenvalue weighted by Crippen LogP contribution is 2.25. The van der Waals surface area contributed by atoms with Crippen LogP contribution in [-0.4, -0.2) is 29.6 Å². The first kappa shape index (κ1) is 22.2. The van der Waals surface area contributed by atoms with Crippen molar-refractivity contribution in [2.45, 2.75) is 78.8 Å². The van der Waals surface area contributed by atoms with Gasteiger partial charge in [0.25, 0.3) is 11.5 Å². The molecule has 1 heterocycles. The molecule has 1 atom stereocenters. The third-order valence-corrected chi connectivity index (χ3v) is 5.72. The van der Waals surface area contributed by atoms with Gasteiger partial charge in [-0.05, 0) is 56.6 Å². The summed E-state index contributed by atoms with van der Waals surface area (Å²) in [4.78, 5) is 38.0. The Morgan fingerprint density at radius 3 is 2.43 bits per heavy atom. The summed E-state index contributed by atoms with van der Waals surface area (Å²) in [5, 5.41) is 2.71. The maximum Gasteiger partial charge on any atom is 0.328 e. The van der Waals surface area contributed by atoms with E-state index in [9.17, 15) is 14.4 Å². The van der Waals surface area contributed by atoms with Crippen LogP contribution in [0.1, 0.15) is 74.0 Å². The van der Waals surface area contributed by atoms with Crippen LogP contribution in [-0.2, 0) is 16.1 Å². The van der Waals surface area contributed by atoms with Gasteiger partial charge in [0.15, 0.2) is 0 Å². The van der Waals surface area contributed by atoms with Crippen LogP contribution < -0.4 is 10.9 Å². The molecule has 0 aromatic carbocycles. The van der Waals surface area contributed by atoms with Gasteiger partial charge in [-0.15, -0.1) is 0 Å². The number of esters is 1. The van der Waals surface area contributed by atoms with Crippen LogP contribution in [0.4, 0.5) is 0 Å². The molecule has 0 radical (unpaired) electrons. The van der Waals surface area contributed by atoms with Gasteiger partial charge in [0.2, 0.25) is 0 Å². The van der Waals surface area contributed by atoms with Crippen LogP contribution in [0.2, 0.25) is 0 Å². The number of hydrogen-bond donors (Lipinski definition) is 1. The van der Waals surface area contributed by atoms with E-state index in [1.54, 1.807) is 10.6 Å². The number of methoxy groups -OCH3 is 1. The lowest BCUT2D eigenvalue weighted by molar-refractivity contribution is -0.143. The largest absolute Gasteiger partial charge is 0.467 e. The Hall–Kier alpha value is -2.11. The van der Waals surface area contributed by atoms with Crippen molar-refractivity contribution in [1.29, 1.82) is 0 Å². The molecule has 1 saturated carbocycles. The van der Waals surface area contributed by atoms with Crippen molar-refractivity contribution < 1.29 is 14.3 Å². The normalized spacial score (nSPS) is 16.1. The van der Waals surface area contributed by atoms with Gasteiger partial charge >= 0.3 is 5.97 Å². The van der Waals surface area contributed by atoms with Crippen molar-refractivity contribution in [1.82, 2.24) is 9.88 Å².